The molecular formula is C17H18O4S. The van der Waals surface area contributed by atoms with Crippen LogP contribution in [0.3, 0.4) is 0 Å². The minimum absolute atomic E-state index is 0.0626. The molecule has 0 saturated carbocycles. The van der Waals surface area contributed by atoms with Gasteiger partial charge in [0.25, 0.3) is 0 Å². The van der Waals surface area contributed by atoms with Gasteiger partial charge in [0.15, 0.2) is 11.5 Å². The second-order valence-corrected chi connectivity index (χ2v) is 6.60. The van der Waals surface area contributed by atoms with Crippen LogP contribution < -0.4 is 4.18 Å². The minimum Gasteiger partial charge on any atom is -0.378 e. The molecular weight excluding hydrogens is 300 g/mol. The first kappa shape index (κ1) is 16.2. The van der Waals surface area contributed by atoms with E-state index in [2.05, 4.69) is 0 Å². The van der Waals surface area contributed by atoms with E-state index in [1.807, 2.05) is 13.8 Å². The van der Waals surface area contributed by atoms with Crippen LogP contribution in [0.4, 0.5) is 0 Å². The Morgan fingerprint density at radius 2 is 1.73 bits per heavy atom. The van der Waals surface area contributed by atoms with Gasteiger partial charge < -0.3 is 4.18 Å². The fraction of sp³-hybridized carbons (Fsp3) is 0.235. The zero-order chi connectivity index (χ0) is 16.3. The van der Waals surface area contributed by atoms with Crippen LogP contribution in [0.5, 0.6) is 5.75 Å². The molecule has 0 unspecified atom stereocenters. The van der Waals surface area contributed by atoms with E-state index in [1.165, 1.54) is 12.1 Å². The summed E-state index contributed by atoms with van der Waals surface area (Å²) in [5.41, 5.74) is 2.14. The lowest BCUT2D eigenvalue weighted by Crippen LogP contribution is -2.12. The van der Waals surface area contributed by atoms with E-state index in [4.69, 9.17) is 4.18 Å². The number of carbonyl (C=O) groups is 1. The van der Waals surface area contributed by atoms with Gasteiger partial charge in [-0.05, 0) is 49.2 Å². The maximum atomic E-state index is 12.4. The second-order valence-electron chi connectivity index (χ2n) is 5.06. The number of aryl methyl sites for hydroxylation is 2. The van der Waals surface area contributed by atoms with Crippen molar-refractivity contribution in [1.29, 1.82) is 0 Å². The number of para-hydroxylation sites is 1. The molecule has 0 N–H and O–H groups in total. The van der Waals surface area contributed by atoms with Gasteiger partial charge in [-0.15, -0.1) is 0 Å². The first-order valence-electron chi connectivity index (χ1n) is 6.99. The van der Waals surface area contributed by atoms with Crippen LogP contribution in [-0.4, -0.2) is 14.2 Å². The van der Waals surface area contributed by atoms with Crippen molar-refractivity contribution in [1.82, 2.24) is 0 Å². The third kappa shape index (κ3) is 3.36. The van der Waals surface area contributed by atoms with E-state index in [0.717, 1.165) is 11.1 Å². The average Bonchev–Trinajstić information content (AvgIpc) is 2.49. The lowest BCUT2D eigenvalue weighted by atomic mass is 10.1. The monoisotopic (exact) mass is 318 g/mol. The van der Waals surface area contributed by atoms with Crippen LogP contribution in [0.1, 0.15) is 34.8 Å². The normalized spacial score (nSPS) is 11.2. The number of ketones is 1. The first-order chi connectivity index (χ1) is 10.3. The molecule has 2 rings (SSSR count). The van der Waals surface area contributed by atoms with Crippen LogP contribution in [0.25, 0.3) is 0 Å². The number of rotatable bonds is 5. The Balaban J connectivity index is 2.41. The second kappa shape index (κ2) is 6.32. The highest BCUT2D eigenvalue weighted by molar-refractivity contribution is 7.87. The van der Waals surface area contributed by atoms with Crippen molar-refractivity contribution in [2.24, 2.45) is 0 Å². The molecule has 0 saturated heterocycles. The summed E-state index contributed by atoms with van der Waals surface area (Å²) < 4.78 is 30.0. The third-order valence-electron chi connectivity index (χ3n) is 3.48. The summed E-state index contributed by atoms with van der Waals surface area (Å²) >= 11 is 0. The van der Waals surface area contributed by atoms with Crippen LogP contribution in [0.15, 0.2) is 47.4 Å². The summed E-state index contributed by atoms with van der Waals surface area (Å²) in [7, 11) is -3.97. The van der Waals surface area contributed by atoms with E-state index in [1.54, 1.807) is 37.3 Å². The Bertz CT molecular complexity index is 807. The highest BCUT2D eigenvalue weighted by Crippen LogP contribution is 2.25. The van der Waals surface area contributed by atoms with Crippen molar-refractivity contribution in [3.63, 3.8) is 0 Å². The van der Waals surface area contributed by atoms with Gasteiger partial charge in [-0.3, -0.25) is 4.79 Å². The highest BCUT2D eigenvalue weighted by Gasteiger charge is 2.20. The summed E-state index contributed by atoms with van der Waals surface area (Å²) in [6.07, 6.45) is 0.282. The van der Waals surface area contributed by atoms with Gasteiger partial charge in [-0.2, -0.15) is 8.42 Å². The fourth-order valence-corrected chi connectivity index (χ4v) is 3.03. The van der Waals surface area contributed by atoms with Crippen LogP contribution in [0.2, 0.25) is 0 Å². The molecule has 0 aliphatic heterocycles. The summed E-state index contributed by atoms with van der Waals surface area (Å²) in [4.78, 5) is 12.0. The molecule has 0 bridgehead atoms. The zero-order valence-corrected chi connectivity index (χ0v) is 13.6. The maximum Gasteiger partial charge on any atom is 0.339 e. The molecule has 0 aliphatic rings. The molecule has 0 aromatic heterocycles. The van der Waals surface area contributed by atoms with E-state index in [0.29, 0.717) is 0 Å². The first-order valence-corrected chi connectivity index (χ1v) is 8.40. The van der Waals surface area contributed by atoms with E-state index in [9.17, 15) is 13.2 Å². The largest absolute Gasteiger partial charge is 0.378 e. The van der Waals surface area contributed by atoms with Crippen molar-refractivity contribution in [3.05, 3.63) is 59.2 Å². The van der Waals surface area contributed by atoms with Crippen molar-refractivity contribution in [2.75, 3.05) is 0 Å². The third-order valence-corrected chi connectivity index (χ3v) is 4.71. The summed E-state index contributed by atoms with van der Waals surface area (Å²) in [6.45, 7) is 5.46. The van der Waals surface area contributed by atoms with Crippen molar-refractivity contribution >= 4 is 15.9 Å². The summed E-state index contributed by atoms with van der Waals surface area (Å²) in [6, 6.07) is 11.2. The molecule has 0 radical (unpaired) electrons. The average molecular weight is 318 g/mol. The van der Waals surface area contributed by atoms with Gasteiger partial charge in [-0.1, -0.05) is 25.1 Å². The van der Waals surface area contributed by atoms with Crippen molar-refractivity contribution in [3.8, 4) is 5.75 Å². The van der Waals surface area contributed by atoms with Gasteiger partial charge in [-0.25, -0.2) is 0 Å². The van der Waals surface area contributed by atoms with Gasteiger partial charge in [0, 0.05) is 6.42 Å². The topological polar surface area (TPSA) is 60.4 Å². The Labute approximate surface area is 130 Å². The number of Topliss-reactive ketones (excluding diaryl/α,β-unsaturated/α-hetero) is 1. The fourth-order valence-electron chi connectivity index (χ4n) is 2.00. The van der Waals surface area contributed by atoms with Crippen molar-refractivity contribution in [2.45, 2.75) is 32.1 Å². The summed E-state index contributed by atoms with van der Waals surface area (Å²) in [5, 5.41) is 0. The van der Waals surface area contributed by atoms with Crippen molar-refractivity contribution < 1.29 is 17.4 Å². The Morgan fingerprint density at radius 3 is 2.36 bits per heavy atom. The minimum atomic E-state index is -3.97. The molecule has 0 aliphatic carbocycles. The van der Waals surface area contributed by atoms with Crippen LogP contribution >= 0.6 is 0 Å². The molecule has 0 heterocycles. The quantitative estimate of drug-likeness (QED) is 0.623. The maximum absolute atomic E-state index is 12.4. The predicted molar refractivity (Wildman–Crippen MR) is 84.8 cm³/mol. The number of hydrogen-bond donors (Lipinski definition) is 0. The molecule has 4 nitrogen and oxygen atoms in total. The highest BCUT2D eigenvalue weighted by atomic mass is 32.2. The number of carbonyl (C=O) groups excluding carboxylic acids is 1. The van der Waals surface area contributed by atoms with E-state index >= 15 is 0 Å². The lowest BCUT2D eigenvalue weighted by Gasteiger charge is -2.11. The Morgan fingerprint density at radius 1 is 1.05 bits per heavy atom. The van der Waals surface area contributed by atoms with Crippen LogP contribution in [-0.2, 0) is 10.1 Å². The van der Waals surface area contributed by atoms with E-state index < -0.39 is 10.1 Å². The molecule has 5 heteroatoms. The smallest absolute Gasteiger partial charge is 0.339 e. The summed E-state index contributed by atoms with van der Waals surface area (Å²) in [5.74, 6) is -0.0986. The van der Waals surface area contributed by atoms with Gasteiger partial charge in [0.05, 0.1) is 5.56 Å². The standard InChI is InChI=1S/C17H18O4S/c1-4-16(18)15-7-5-6-8-17(15)21-22(19,20)14-10-9-12(2)13(3)11-14/h5-11H,4H2,1-3H3. The zero-order valence-electron chi connectivity index (χ0n) is 12.8. The molecule has 0 spiro atoms. The Hall–Kier alpha value is -2.14. The molecule has 22 heavy (non-hydrogen) atoms. The van der Waals surface area contributed by atoms with E-state index in [-0.39, 0.29) is 28.4 Å². The lowest BCUT2D eigenvalue weighted by molar-refractivity contribution is 0.0986. The Kier molecular flexibility index (Phi) is 4.66. The molecule has 0 amide bonds. The SMILES string of the molecule is CCC(=O)c1ccccc1OS(=O)(=O)c1ccc(C)c(C)c1. The van der Waals surface area contributed by atoms with Gasteiger partial charge >= 0.3 is 10.1 Å². The number of hydrogen-bond acceptors (Lipinski definition) is 4. The van der Waals surface area contributed by atoms with Gasteiger partial charge in [0.2, 0.25) is 0 Å². The molecule has 0 atom stereocenters. The molecule has 2 aromatic carbocycles. The van der Waals surface area contributed by atoms with Crippen LogP contribution in [0, 0.1) is 13.8 Å². The van der Waals surface area contributed by atoms with Gasteiger partial charge in [0.1, 0.15) is 4.90 Å². The molecule has 116 valence electrons. The molecule has 2 aromatic rings. The molecule has 0 fully saturated rings. The predicted octanol–water partition coefficient (Wildman–Crippen LogP) is 3.66. The number of benzene rings is 2.